The van der Waals surface area contributed by atoms with E-state index in [0.29, 0.717) is 31.0 Å². The van der Waals surface area contributed by atoms with E-state index in [1.807, 2.05) is 13.0 Å². The number of amides is 2. The van der Waals surface area contributed by atoms with Crippen molar-refractivity contribution in [2.45, 2.75) is 13.3 Å². The summed E-state index contributed by atoms with van der Waals surface area (Å²) in [5.41, 5.74) is 0.573. The number of carbonyl (C=O) groups is 2. The highest BCUT2D eigenvalue weighted by molar-refractivity contribution is 9.10. The molecule has 1 aliphatic heterocycles. The summed E-state index contributed by atoms with van der Waals surface area (Å²) in [6.07, 6.45) is 0.488. The molecule has 21 heavy (non-hydrogen) atoms. The summed E-state index contributed by atoms with van der Waals surface area (Å²) in [6, 6.07) is 5.03. The van der Waals surface area contributed by atoms with Crippen molar-refractivity contribution in [2.75, 3.05) is 25.0 Å². The first kappa shape index (κ1) is 15.6. The molecule has 1 aliphatic rings. The number of rotatable bonds is 4. The summed E-state index contributed by atoms with van der Waals surface area (Å²) < 4.78 is 6.34. The van der Waals surface area contributed by atoms with E-state index in [1.165, 1.54) is 4.90 Å². The zero-order valence-corrected chi connectivity index (χ0v) is 13.2. The highest BCUT2D eigenvalue weighted by Crippen LogP contribution is 2.29. The number of nitrogens with zero attached hydrogens (tertiary/aromatic N) is 1. The van der Waals surface area contributed by atoms with E-state index >= 15 is 0 Å². The van der Waals surface area contributed by atoms with E-state index in [4.69, 9.17) is 9.84 Å². The minimum atomic E-state index is -0.857. The Hall–Kier alpha value is -1.76. The predicted molar refractivity (Wildman–Crippen MR) is 81.6 cm³/mol. The number of hydrogen-bond acceptors (Lipinski definition) is 3. The molecule has 1 heterocycles. The van der Waals surface area contributed by atoms with E-state index in [2.05, 4.69) is 21.2 Å². The Balaban J connectivity index is 2.05. The van der Waals surface area contributed by atoms with Crippen molar-refractivity contribution < 1.29 is 19.4 Å². The van der Waals surface area contributed by atoms with Crippen LogP contribution >= 0.6 is 15.9 Å². The van der Waals surface area contributed by atoms with Crippen LogP contribution in [0.4, 0.5) is 10.5 Å². The molecular weight excluding hydrogens is 340 g/mol. The van der Waals surface area contributed by atoms with Crippen LogP contribution in [-0.4, -0.2) is 41.7 Å². The van der Waals surface area contributed by atoms with Gasteiger partial charge in [0.25, 0.3) is 0 Å². The molecule has 1 fully saturated rings. The van der Waals surface area contributed by atoms with Gasteiger partial charge < -0.3 is 20.1 Å². The standard InChI is InChI=1S/C14H17BrN2O4/c1-2-21-12-7-10(15)3-4-11(12)16-14(20)17-6-5-9(8-17)13(18)19/h3-4,7,9H,2,5-6,8H2,1H3,(H,16,20)(H,18,19). The van der Waals surface area contributed by atoms with Gasteiger partial charge in [0.1, 0.15) is 5.75 Å². The van der Waals surface area contributed by atoms with Crippen molar-refractivity contribution in [3.05, 3.63) is 22.7 Å². The van der Waals surface area contributed by atoms with Crippen LogP contribution < -0.4 is 10.1 Å². The molecule has 0 aliphatic carbocycles. The van der Waals surface area contributed by atoms with Crippen molar-refractivity contribution in [3.63, 3.8) is 0 Å². The highest BCUT2D eigenvalue weighted by Gasteiger charge is 2.31. The second-order valence-electron chi connectivity index (χ2n) is 4.77. The lowest BCUT2D eigenvalue weighted by atomic mass is 10.1. The smallest absolute Gasteiger partial charge is 0.321 e. The zero-order valence-electron chi connectivity index (χ0n) is 11.6. The maximum atomic E-state index is 12.2. The second-order valence-corrected chi connectivity index (χ2v) is 5.69. The summed E-state index contributed by atoms with van der Waals surface area (Å²) >= 11 is 3.35. The molecule has 1 aromatic rings. The molecule has 2 N–H and O–H groups in total. The number of halogens is 1. The van der Waals surface area contributed by atoms with Gasteiger partial charge in [-0.1, -0.05) is 15.9 Å². The third-order valence-electron chi connectivity index (χ3n) is 3.31. The van der Waals surface area contributed by atoms with E-state index in [-0.39, 0.29) is 12.6 Å². The fourth-order valence-corrected chi connectivity index (χ4v) is 2.56. The van der Waals surface area contributed by atoms with Crippen LogP contribution in [0.25, 0.3) is 0 Å². The van der Waals surface area contributed by atoms with Crippen LogP contribution in [0.2, 0.25) is 0 Å². The summed E-state index contributed by atoms with van der Waals surface area (Å²) in [5, 5.41) is 11.7. The number of ether oxygens (including phenoxy) is 1. The first-order valence-electron chi connectivity index (χ1n) is 6.72. The van der Waals surface area contributed by atoms with Gasteiger partial charge in [0.2, 0.25) is 0 Å². The van der Waals surface area contributed by atoms with Crippen LogP contribution in [0.5, 0.6) is 5.75 Å². The number of nitrogens with one attached hydrogen (secondary N) is 1. The number of hydrogen-bond donors (Lipinski definition) is 2. The molecule has 2 amide bonds. The van der Waals surface area contributed by atoms with Crippen molar-refractivity contribution in [1.29, 1.82) is 0 Å². The van der Waals surface area contributed by atoms with Crippen LogP contribution in [0.1, 0.15) is 13.3 Å². The fourth-order valence-electron chi connectivity index (χ4n) is 2.21. The molecule has 2 rings (SSSR count). The number of carboxylic acids is 1. The zero-order chi connectivity index (χ0) is 15.4. The van der Waals surface area contributed by atoms with Gasteiger partial charge in [0.15, 0.2) is 0 Å². The third kappa shape index (κ3) is 3.87. The molecule has 6 nitrogen and oxygen atoms in total. The number of anilines is 1. The molecule has 1 atom stereocenters. The maximum Gasteiger partial charge on any atom is 0.321 e. The summed E-state index contributed by atoms with van der Waals surface area (Å²) in [7, 11) is 0. The van der Waals surface area contributed by atoms with E-state index < -0.39 is 11.9 Å². The van der Waals surface area contributed by atoms with Crippen molar-refractivity contribution in [2.24, 2.45) is 5.92 Å². The molecule has 1 unspecified atom stereocenters. The van der Waals surface area contributed by atoms with Gasteiger partial charge in [-0.2, -0.15) is 0 Å². The Kier molecular flexibility index (Phi) is 5.06. The summed E-state index contributed by atoms with van der Waals surface area (Å²) in [6.45, 7) is 3.04. The molecule has 7 heteroatoms. The number of urea groups is 1. The Morgan fingerprint density at radius 2 is 2.29 bits per heavy atom. The largest absolute Gasteiger partial charge is 0.492 e. The van der Waals surface area contributed by atoms with Crippen molar-refractivity contribution >= 4 is 33.6 Å². The molecule has 1 saturated heterocycles. The van der Waals surface area contributed by atoms with E-state index in [0.717, 1.165) is 4.47 Å². The first-order valence-corrected chi connectivity index (χ1v) is 7.51. The first-order chi connectivity index (χ1) is 10.0. The minimum absolute atomic E-state index is 0.238. The van der Waals surface area contributed by atoms with Gasteiger partial charge >= 0.3 is 12.0 Å². The Labute approximate surface area is 131 Å². The number of carbonyl (C=O) groups excluding carboxylic acids is 1. The van der Waals surface area contributed by atoms with E-state index in [1.54, 1.807) is 12.1 Å². The van der Waals surface area contributed by atoms with Gasteiger partial charge in [-0.05, 0) is 31.5 Å². The van der Waals surface area contributed by atoms with Gasteiger partial charge in [-0.15, -0.1) is 0 Å². The Morgan fingerprint density at radius 1 is 1.52 bits per heavy atom. The molecule has 0 saturated carbocycles. The lowest BCUT2D eigenvalue weighted by molar-refractivity contribution is -0.141. The van der Waals surface area contributed by atoms with Crippen LogP contribution in [0.15, 0.2) is 22.7 Å². The summed E-state index contributed by atoms with van der Waals surface area (Å²) in [5.74, 6) is -0.759. The van der Waals surface area contributed by atoms with Crippen molar-refractivity contribution in [3.8, 4) is 5.75 Å². The number of likely N-dealkylation sites (tertiary alicyclic amines) is 1. The molecule has 0 radical (unpaired) electrons. The quantitative estimate of drug-likeness (QED) is 0.869. The Bertz CT molecular complexity index is 550. The van der Waals surface area contributed by atoms with Gasteiger partial charge in [-0.25, -0.2) is 4.79 Å². The summed E-state index contributed by atoms with van der Waals surface area (Å²) in [4.78, 5) is 24.6. The average molecular weight is 357 g/mol. The van der Waals surface area contributed by atoms with Gasteiger partial charge in [-0.3, -0.25) is 4.79 Å². The normalized spacial score (nSPS) is 17.6. The van der Waals surface area contributed by atoms with E-state index in [9.17, 15) is 9.59 Å². The number of carboxylic acid groups (broad SMARTS) is 1. The lowest BCUT2D eigenvalue weighted by Crippen LogP contribution is -2.33. The van der Waals surface area contributed by atoms with Crippen LogP contribution in [-0.2, 0) is 4.79 Å². The Morgan fingerprint density at radius 3 is 2.90 bits per heavy atom. The predicted octanol–water partition coefficient (Wildman–Crippen LogP) is 2.79. The fraction of sp³-hybridized carbons (Fsp3) is 0.429. The number of aliphatic carboxylic acids is 1. The lowest BCUT2D eigenvalue weighted by Gasteiger charge is -2.18. The highest BCUT2D eigenvalue weighted by atomic mass is 79.9. The van der Waals surface area contributed by atoms with Crippen LogP contribution in [0.3, 0.4) is 0 Å². The maximum absolute atomic E-state index is 12.2. The average Bonchev–Trinajstić information content (AvgIpc) is 2.92. The minimum Gasteiger partial charge on any atom is -0.492 e. The second kappa shape index (κ2) is 6.80. The molecule has 1 aromatic carbocycles. The molecule has 114 valence electrons. The monoisotopic (exact) mass is 356 g/mol. The van der Waals surface area contributed by atoms with Gasteiger partial charge in [0, 0.05) is 17.6 Å². The molecular formula is C14H17BrN2O4. The number of benzene rings is 1. The SMILES string of the molecule is CCOc1cc(Br)ccc1NC(=O)N1CCC(C(=O)O)C1. The van der Waals surface area contributed by atoms with Crippen LogP contribution in [0, 0.1) is 5.92 Å². The molecule has 0 aromatic heterocycles. The van der Waals surface area contributed by atoms with Crippen molar-refractivity contribution in [1.82, 2.24) is 4.90 Å². The topological polar surface area (TPSA) is 78.9 Å². The molecule has 0 bridgehead atoms. The molecule has 0 spiro atoms. The third-order valence-corrected chi connectivity index (χ3v) is 3.80. The van der Waals surface area contributed by atoms with Gasteiger partial charge in [0.05, 0.1) is 18.2 Å².